The molecule has 88 valence electrons. The molecule has 0 fully saturated rings. The van der Waals surface area contributed by atoms with Gasteiger partial charge in [0.15, 0.2) is 0 Å². The first kappa shape index (κ1) is 12.4. The standard InChI is InChI=1S/C11H17N3O2/c1-4-16-10(15)8-14(9(2)3)11-12-6-5-7-13-11/h5-7,9H,4,8H2,1-3H3. The second-order valence-electron chi connectivity index (χ2n) is 3.58. The SMILES string of the molecule is CCOC(=O)CN(c1ncccn1)C(C)C. The Morgan fingerprint density at radius 2 is 2.06 bits per heavy atom. The second-order valence-corrected chi connectivity index (χ2v) is 3.58. The van der Waals surface area contributed by atoms with Crippen molar-refractivity contribution in [1.82, 2.24) is 9.97 Å². The fourth-order valence-electron chi connectivity index (χ4n) is 1.27. The molecule has 0 atom stereocenters. The summed E-state index contributed by atoms with van der Waals surface area (Å²) in [5, 5.41) is 0. The summed E-state index contributed by atoms with van der Waals surface area (Å²) in [6, 6.07) is 1.89. The Balaban J connectivity index is 2.73. The first-order valence-electron chi connectivity index (χ1n) is 5.34. The van der Waals surface area contributed by atoms with E-state index in [2.05, 4.69) is 9.97 Å². The van der Waals surface area contributed by atoms with E-state index in [-0.39, 0.29) is 18.6 Å². The number of nitrogens with zero attached hydrogens (tertiary/aromatic N) is 3. The van der Waals surface area contributed by atoms with Crippen LogP contribution in [0.2, 0.25) is 0 Å². The number of carbonyl (C=O) groups excluding carboxylic acids is 1. The van der Waals surface area contributed by atoms with Crippen molar-refractivity contribution in [3.8, 4) is 0 Å². The third-order valence-electron chi connectivity index (χ3n) is 2.04. The Morgan fingerprint density at radius 3 is 2.56 bits per heavy atom. The summed E-state index contributed by atoms with van der Waals surface area (Å²) in [5.74, 6) is 0.286. The molecule has 5 nitrogen and oxygen atoms in total. The molecular formula is C11H17N3O2. The maximum Gasteiger partial charge on any atom is 0.325 e. The molecule has 1 aromatic rings. The van der Waals surface area contributed by atoms with Crippen LogP contribution in [0, 0.1) is 0 Å². The van der Waals surface area contributed by atoms with Gasteiger partial charge in [0, 0.05) is 18.4 Å². The lowest BCUT2D eigenvalue weighted by Crippen LogP contribution is -2.37. The average Bonchev–Trinajstić information content (AvgIpc) is 2.27. The van der Waals surface area contributed by atoms with Crippen molar-refractivity contribution < 1.29 is 9.53 Å². The monoisotopic (exact) mass is 223 g/mol. The molecule has 0 aliphatic heterocycles. The van der Waals surface area contributed by atoms with Gasteiger partial charge < -0.3 is 9.64 Å². The molecule has 1 aromatic heterocycles. The number of carbonyl (C=O) groups is 1. The van der Waals surface area contributed by atoms with E-state index in [1.165, 1.54) is 0 Å². The first-order valence-corrected chi connectivity index (χ1v) is 5.34. The van der Waals surface area contributed by atoms with E-state index in [9.17, 15) is 4.79 Å². The lowest BCUT2D eigenvalue weighted by atomic mass is 10.3. The molecule has 16 heavy (non-hydrogen) atoms. The summed E-state index contributed by atoms with van der Waals surface area (Å²) in [6.45, 7) is 6.32. The third-order valence-corrected chi connectivity index (χ3v) is 2.04. The van der Waals surface area contributed by atoms with Gasteiger partial charge in [-0.3, -0.25) is 4.79 Å². The van der Waals surface area contributed by atoms with E-state index in [1.807, 2.05) is 13.8 Å². The van der Waals surface area contributed by atoms with E-state index >= 15 is 0 Å². The molecule has 5 heteroatoms. The Morgan fingerprint density at radius 1 is 1.44 bits per heavy atom. The van der Waals surface area contributed by atoms with Crippen LogP contribution < -0.4 is 4.90 Å². The van der Waals surface area contributed by atoms with E-state index in [0.717, 1.165) is 0 Å². The summed E-state index contributed by atoms with van der Waals surface area (Å²) >= 11 is 0. The highest BCUT2D eigenvalue weighted by atomic mass is 16.5. The molecule has 0 aromatic carbocycles. The van der Waals surface area contributed by atoms with Crippen molar-refractivity contribution in [2.45, 2.75) is 26.8 Å². The lowest BCUT2D eigenvalue weighted by Gasteiger charge is -2.25. The number of hydrogen-bond donors (Lipinski definition) is 0. The van der Waals surface area contributed by atoms with E-state index < -0.39 is 0 Å². The van der Waals surface area contributed by atoms with Gasteiger partial charge in [0.05, 0.1) is 6.61 Å². The molecule has 0 saturated heterocycles. The molecule has 0 N–H and O–H groups in total. The highest BCUT2D eigenvalue weighted by Crippen LogP contribution is 2.09. The van der Waals surface area contributed by atoms with Crippen LogP contribution in [0.1, 0.15) is 20.8 Å². The zero-order valence-corrected chi connectivity index (χ0v) is 9.88. The predicted molar refractivity (Wildman–Crippen MR) is 61.1 cm³/mol. The summed E-state index contributed by atoms with van der Waals surface area (Å²) in [6.07, 6.45) is 3.31. The fraction of sp³-hybridized carbons (Fsp3) is 0.545. The highest BCUT2D eigenvalue weighted by Gasteiger charge is 2.17. The maximum atomic E-state index is 11.4. The van der Waals surface area contributed by atoms with E-state index in [4.69, 9.17) is 4.74 Å². The Labute approximate surface area is 95.5 Å². The summed E-state index contributed by atoms with van der Waals surface area (Å²) in [5.41, 5.74) is 0. The zero-order chi connectivity index (χ0) is 12.0. The van der Waals surface area contributed by atoms with Crippen molar-refractivity contribution in [2.24, 2.45) is 0 Å². The molecule has 0 aliphatic rings. The summed E-state index contributed by atoms with van der Waals surface area (Å²) in [7, 11) is 0. The van der Waals surface area contributed by atoms with Crippen LogP contribution in [0.15, 0.2) is 18.5 Å². The van der Waals surface area contributed by atoms with Crippen molar-refractivity contribution in [3.05, 3.63) is 18.5 Å². The zero-order valence-electron chi connectivity index (χ0n) is 9.88. The van der Waals surface area contributed by atoms with Crippen LogP contribution in [0.5, 0.6) is 0 Å². The number of hydrogen-bond acceptors (Lipinski definition) is 5. The van der Waals surface area contributed by atoms with Crippen LogP contribution in [0.25, 0.3) is 0 Å². The molecule has 0 bridgehead atoms. The van der Waals surface area contributed by atoms with Crippen molar-refractivity contribution in [3.63, 3.8) is 0 Å². The van der Waals surface area contributed by atoms with Crippen LogP contribution in [-0.4, -0.2) is 35.1 Å². The molecule has 1 rings (SSSR count). The first-order chi connectivity index (χ1) is 7.65. The van der Waals surface area contributed by atoms with Crippen LogP contribution in [-0.2, 0) is 9.53 Å². The van der Waals surface area contributed by atoms with Gasteiger partial charge in [0.2, 0.25) is 5.95 Å². The average molecular weight is 223 g/mol. The summed E-state index contributed by atoms with van der Waals surface area (Å²) < 4.78 is 4.91. The van der Waals surface area contributed by atoms with Gasteiger partial charge in [-0.25, -0.2) is 9.97 Å². The third kappa shape index (κ3) is 3.49. The normalized spacial score (nSPS) is 10.2. The smallest absolute Gasteiger partial charge is 0.325 e. The molecule has 0 amide bonds. The summed E-state index contributed by atoms with van der Waals surface area (Å²) in [4.78, 5) is 21.5. The molecular weight excluding hydrogens is 206 g/mol. The molecule has 1 heterocycles. The van der Waals surface area contributed by atoms with Crippen LogP contribution in [0.4, 0.5) is 5.95 Å². The predicted octanol–water partition coefficient (Wildman–Crippen LogP) is 1.25. The molecule has 0 spiro atoms. The van der Waals surface area contributed by atoms with E-state index in [1.54, 1.807) is 30.3 Å². The van der Waals surface area contributed by atoms with E-state index in [0.29, 0.717) is 12.6 Å². The minimum absolute atomic E-state index is 0.145. The number of anilines is 1. The van der Waals surface area contributed by atoms with Crippen molar-refractivity contribution >= 4 is 11.9 Å². The van der Waals surface area contributed by atoms with Gasteiger partial charge in [0.1, 0.15) is 6.54 Å². The van der Waals surface area contributed by atoms with Crippen LogP contribution in [0.3, 0.4) is 0 Å². The fourth-order valence-corrected chi connectivity index (χ4v) is 1.27. The Hall–Kier alpha value is -1.65. The molecule has 0 saturated carbocycles. The van der Waals surface area contributed by atoms with Gasteiger partial charge in [-0.05, 0) is 26.8 Å². The largest absolute Gasteiger partial charge is 0.465 e. The number of rotatable bonds is 5. The van der Waals surface area contributed by atoms with Gasteiger partial charge in [-0.1, -0.05) is 0 Å². The lowest BCUT2D eigenvalue weighted by molar-refractivity contribution is -0.141. The highest BCUT2D eigenvalue weighted by molar-refractivity contribution is 5.75. The van der Waals surface area contributed by atoms with Gasteiger partial charge in [0.25, 0.3) is 0 Å². The quantitative estimate of drug-likeness (QED) is 0.703. The van der Waals surface area contributed by atoms with Crippen LogP contribution >= 0.6 is 0 Å². The van der Waals surface area contributed by atoms with Crippen molar-refractivity contribution in [1.29, 1.82) is 0 Å². The Kier molecular flexibility index (Phi) is 4.69. The number of aromatic nitrogens is 2. The van der Waals surface area contributed by atoms with Gasteiger partial charge in [-0.15, -0.1) is 0 Å². The van der Waals surface area contributed by atoms with Gasteiger partial charge >= 0.3 is 5.97 Å². The minimum atomic E-state index is -0.261. The van der Waals surface area contributed by atoms with Crippen molar-refractivity contribution in [2.75, 3.05) is 18.1 Å². The minimum Gasteiger partial charge on any atom is -0.465 e. The Bertz CT molecular complexity index is 327. The number of ether oxygens (including phenoxy) is 1. The number of esters is 1. The molecule has 0 aliphatic carbocycles. The van der Waals surface area contributed by atoms with Gasteiger partial charge in [-0.2, -0.15) is 0 Å². The molecule has 0 unspecified atom stereocenters. The topological polar surface area (TPSA) is 55.3 Å². The maximum absolute atomic E-state index is 11.4. The molecule has 0 radical (unpaired) electrons. The second kappa shape index (κ2) is 6.05.